The van der Waals surface area contributed by atoms with E-state index in [2.05, 4.69) is 23.2 Å². The van der Waals surface area contributed by atoms with Crippen LogP contribution in [0.5, 0.6) is 5.75 Å². The van der Waals surface area contributed by atoms with Crippen molar-refractivity contribution in [3.8, 4) is 5.75 Å². The van der Waals surface area contributed by atoms with E-state index in [4.69, 9.17) is 16.3 Å². The van der Waals surface area contributed by atoms with Crippen LogP contribution in [0.1, 0.15) is 17.5 Å². The first-order chi connectivity index (χ1) is 13.1. The van der Waals surface area contributed by atoms with Gasteiger partial charge >= 0.3 is 0 Å². The second-order valence-corrected chi connectivity index (χ2v) is 8.24. The van der Waals surface area contributed by atoms with Crippen molar-refractivity contribution in [2.24, 2.45) is 0 Å². The minimum atomic E-state index is -0.0430. The summed E-state index contributed by atoms with van der Waals surface area (Å²) in [5.74, 6) is 3.07. The molecular weight excluding hydrogens is 380 g/mol. The average Bonchev–Trinajstić information content (AvgIpc) is 2.67. The van der Waals surface area contributed by atoms with Crippen molar-refractivity contribution < 1.29 is 9.53 Å². The molecule has 3 rings (SSSR count). The van der Waals surface area contributed by atoms with Crippen molar-refractivity contribution in [2.75, 3.05) is 36.5 Å². The standard InChI is InChI=1S/C21H25ClN2O2S/c1-16-17(15-24-10-13-27-14-11-24)3-2-4-20(16)23-21(25)9-12-26-19-7-5-18(22)6-8-19/h2-8H,9-15H2,1H3,(H,23,25). The predicted molar refractivity (Wildman–Crippen MR) is 114 cm³/mol. The second-order valence-electron chi connectivity index (χ2n) is 6.58. The van der Waals surface area contributed by atoms with Gasteiger partial charge in [-0.2, -0.15) is 11.8 Å². The molecule has 144 valence electrons. The van der Waals surface area contributed by atoms with E-state index >= 15 is 0 Å². The highest BCUT2D eigenvalue weighted by molar-refractivity contribution is 7.99. The smallest absolute Gasteiger partial charge is 0.227 e. The number of halogens is 1. The third-order valence-corrected chi connectivity index (χ3v) is 5.82. The molecule has 2 aromatic rings. The highest BCUT2D eigenvalue weighted by atomic mass is 35.5. The van der Waals surface area contributed by atoms with Crippen molar-refractivity contribution in [1.29, 1.82) is 0 Å². The third kappa shape index (κ3) is 6.16. The Morgan fingerprint density at radius 2 is 1.93 bits per heavy atom. The molecule has 1 fully saturated rings. The number of benzene rings is 2. The van der Waals surface area contributed by atoms with Gasteiger partial charge in [-0.25, -0.2) is 0 Å². The summed E-state index contributed by atoms with van der Waals surface area (Å²) in [7, 11) is 0. The lowest BCUT2D eigenvalue weighted by molar-refractivity contribution is -0.116. The quantitative estimate of drug-likeness (QED) is 0.731. The first kappa shape index (κ1) is 20.1. The maximum absolute atomic E-state index is 12.3. The molecule has 0 saturated carbocycles. The molecule has 1 saturated heterocycles. The number of hydrogen-bond acceptors (Lipinski definition) is 4. The van der Waals surface area contributed by atoms with E-state index in [1.807, 2.05) is 23.9 Å². The molecule has 27 heavy (non-hydrogen) atoms. The zero-order chi connectivity index (χ0) is 19.1. The number of carbonyl (C=O) groups is 1. The lowest BCUT2D eigenvalue weighted by Gasteiger charge is -2.27. The molecule has 1 amide bonds. The number of thioether (sulfide) groups is 1. The fourth-order valence-electron chi connectivity index (χ4n) is 3.00. The van der Waals surface area contributed by atoms with Crippen LogP contribution in [0.25, 0.3) is 0 Å². The molecule has 1 N–H and O–H groups in total. The monoisotopic (exact) mass is 404 g/mol. The molecular formula is C21H25ClN2O2S. The Morgan fingerprint density at radius 1 is 1.19 bits per heavy atom. The molecule has 1 heterocycles. The Labute approximate surface area is 170 Å². The number of carbonyl (C=O) groups excluding carboxylic acids is 1. The van der Waals surface area contributed by atoms with E-state index in [-0.39, 0.29) is 5.91 Å². The van der Waals surface area contributed by atoms with Crippen LogP contribution in [0.2, 0.25) is 5.02 Å². The molecule has 6 heteroatoms. The van der Waals surface area contributed by atoms with Gasteiger partial charge in [0.2, 0.25) is 5.91 Å². The highest BCUT2D eigenvalue weighted by Gasteiger charge is 2.14. The summed E-state index contributed by atoms with van der Waals surface area (Å²) in [5.41, 5.74) is 3.30. The van der Waals surface area contributed by atoms with Crippen LogP contribution < -0.4 is 10.1 Å². The summed E-state index contributed by atoms with van der Waals surface area (Å²) >= 11 is 7.87. The zero-order valence-electron chi connectivity index (χ0n) is 15.5. The number of amides is 1. The van der Waals surface area contributed by atoms with Crippen LogP contribution in [-0.2, 0) is 11.3 Å². The average molecular weight is 405 g/mol. The van der Waals surface area contributed by atoms with Gasteiger partial charge in [0.25, 0.3) is 0 Å². The van der Waals surface area contributed by atoms with Gasteiger partial charge in [0.1, 0.15) is 5.75 Å². The van der Waals surface area contributed by atoms with Gasteiger partial charge in [-0.05, 0) is 48.4 Å². The summed E-state index contributed by atoms with van der Waals surface area (Å²) in [4.78, 5) is 14.8. The molecule has 2 aromatic carbocycles. The summed E-state index contributed by atoms with van der Waals surface area (Å²) in [6.45, 7) is 5.60. The number of hydrogen-bond donors (Lipinski definition) is 1. The second kappa shape index (κ2) is 10.0. The molecule has 4 nitrogen and oxygen atoms in total. The summed E-state index contributed by atoms with van der Waals surface area (Å²) in [6.07, 6.45) is 0.301. The van der Waals surface area contributed by atoms with Gasteiger partial charge < -0.3 is 10.1 Å². The maximum Gasteiger partial charge on any atom is 0.227 e. The molecule has 0 spiro atoms. The number of ether oxygens (including phenoxy) is 1. The molecule has 0 aromatic heterocycles. The SMILES string of the molecule is Cc1c(CN2CCSCC2)cccc1NC(=O)CCOc1ccc(Cl)cc1. The van der Waals surface area contributed by atoms with Gasteiger partial charge in [-0.3, -0.25) is 9.69 Å². The Morgan fingerprint density at radius 3 is 2.67 bits per heavy atom. The number of rotatable bonds is 7. The first-order valence-corrected chi connectivity index (χ1v) is 10.7. The van der Waals surface area contributed by atoms with Gasteiger partial charge in [0, 0.05) is 41.8 Å². The maximum atomic E-state index is 12.3. The molecule has 1 aliphatic heterocycles. The minimum Gasteiger partial charge on any atom is -0.493 e. The lowest BCUT2D eigenvalue weighted by Crippen LogP contribution is -2.32. The van der Waals surface area contributed by atoms with Crippen molar-refractivity contribution >= 4 is 35.0 Å². The van der Waals surface area contributed by atoms with Crippen molar-refractivity contribution in [3.63, 3.8) is 0 Å². The summed E-state index contributed by atoms with van der Waals surface area (Å²) in [5, 5.41) is 3.69. The lowest BCUT2D eigenvalue weighted by atomic mass is 10.1. The molecule has 0 aliphatic carbocycles. The van der Waals surface area contributed by atoms with Crippen molar-refractivity contribution in [2.45, 2.75) is 19.9 Å². The molecule has 0 radical (unpaired) electrons. The Kier molecular flexibility index (Phi) is 7.44. The minimum absolute atomic E-state index is 0.0430. The molecule has 0 atom stereocenters. The van der Waals surface area contributed by atoms with Gasteiger partial charge in [0.05, 0.1) is 13.0 Å². The van der Waals surface area contributed by atoms with Crippen LogP contribution >= 0.6 is 23.4 Å². The molecule has 1 aliphatic rings. The van der Waals surface area contributed by atoms with E-state index in [1.54, 1.807) is 24.3 Å². The largest absolute Gasteiger partial charge is 0.493 e. The van der Waals surface area contributed by atoms with E-state index in [0.717, 1.165) is 30.9 Å². The van der Waals surface area contributed by atoms with Crippen LogP contribution in [0.4, 0.5) is 5.69 Å². The fourth-order valence-corrected chi connectivity index (χ4v) is 4.10. The van der Waals surface area contributed by atoms with Crippen molar-refractivity contribution in [3.05, 3.63) is 58.6 Å². The topological polar surface area (TPSA) is 41.6 Å². The Bertz CT molecular complexity index is 761. The van der Waals surface area contributed by atoms with E-state index in [1.165, 1.54) is 17.1 Å². The van der Waals surface area contributed by atoms with Crippen LogP contribution in [-0.4, -0.2) is 42.0 Å². The summed E-state index contributed by atoms with van der Waals surface area (Å²) < 4.78 is 5.60. The van der Waals surface area contributed by atoms with E-state index in [9.17, 15) is 4.79 Å². The van der Waals surface area contributed by atoms with Gasteiger partial charge in [-0.1, -0.05) is 23.7 Å². The van der Waals surface area contributed by atoms with Crippen LogP contribution in [0.15, 0.2) is 42.5 Å². The third-order valence-electron chi connectivity index (χ3n) is 4.63. The van der Waals surface area contributed by atoms with Crippen LogP contribution in [0.3, 0.4) is 0 Å². The fraction of sp³-hybridized carbons (Fsp3) is 0.381. The van der Waals surface area contributed by atoms with Gasteiger partial charge in [0.15, 0.2) is 0 Å². The number of nitrogens with zero attached hydrogens (tertiary/aromatic N) is 1. The molecule has 0 unspecified atom stereocenters. The van der Waals surface area contributed by atoms with Gasteiger partial charge in [-0.15, -0.1) is 0 Å². The Balaban J connectivity index is 1.51. The Hall–Kier alpha value is -1.69. The molecule has 0 bridgehead atoms. The summed E-state index contributed by atoms with van der Waals surface area (Å²) in [6, 6.07) is 13.3. The first-order valence-electron chi connectivity index (χ1n) is 9.18. The van der Waals surface area contributed by atoms with Crippen LogP contribution in [0, 0.1) is 6.92 Å². The predicted octanol–water partition coefficient (Wildman–Crippen LogP) is 4.60. The zero-order valence-corrected chi connectivity index (χ0v) is 17.1. The highest BCUT2D eigenvalue weighted by Crippen LogP contribution is 2.22. The van der Waals surface area contributed by atoms with E-state index < -0.39 is 0 Å². The van der Waals surface area contributed by atoms with E-state index in [0.29, 0.717) is 23.8 Å². The normalized spacial score (nSPS) is 14.7. The number of nitrogens with one attached hydrogen (secondary N) is 1. The van der Waals surface area contributed by atoms with Crippen molar-refractivity contribution in [1.82, 2.24) is 4.90 Å². The number of anilines is 1.